The standard InChI is InChI=1S/C22H17ClF6N4O2/c23-16-5-1-3-12(7-16)18-31-19(35-32-18)13-4-2-6-33(11-13)20(34)30-17-9-14(21(24,25)26)8-15(10-17)22(27,28)29/h1,3,5,7-10,13H,2,4,6,11H2,(H,30,34). The predicted octanol–water partition coefficient (Wildman–Crippen LogP) is 6.84. The molecule has 0 saturated carbocycles. The van der Waals surface area contributed by atoms with Gasteiger partial charge in [0.25, 0.3) is 0 Å². The molecular formula is C22H17ClF6N4O2. The molecule has 6 nitrogen and oxygen atoms in total. The van der Waals surface area contributed by atoms with Gasteiger partial charge in [0, 0.05) is 29.4 Å². The second kappa shape index (κ2) is 9.40. The average Bonchev–Trinajstić information content (AvgIpc) is 3.28. The number of carbonyl (C=O) groups excluding carboxylic acids is 1. The SMILES string of the molecule is O=C(Nc1cc(C(F)(F)F)cc(C(F)(F)F)c1)N1CCCC(c2nc(-c3cccc(Cl)c3)no2)C1. The van der Waals surface area contributed by atoms with Crippen molar-refractivity contribution >= 4 is 23.3 Å². The van der Waals surface area contributed by atoms with Crippen LogP contribution >= 0.6 is 11.6 Å². The van der Waals surface area contributed by atoms with Gasteiger partial charge in [-0.05, 0) is 43.2 Å². The zero-order valence-corrected chi connectivity index (χ0v) is 18.5. The third-order valence-electron chi connectivity index (χ3n) is 5.42. The van der Waals surface area contributed by atoms with Crippen molar-refractivity contribution in [2.24, 2.45) is 0 Å². The van der Waals surface area contributed by atoms with Gasteiger partial charge in [0.1, 0.15) is 0 Å². The number of likely N-dealkylation sites (tertiary alicyclic amines) is 1. The highest BCUT2D eigenvalue weighted by Crippen LogP contribution is 2.38. The van der Waals surface area contributed by atoms with E-state index in [1.165, 1.54) is 4.90 Å². The highest BCUT2D eigenvalue weighted by molar-refractivity contribution is 6.30. The first kappa shape index (κ1) is 24.8. The van der Waals surface area contributed by atoms with E-state index in [4.69, 9.17) is 16.1 Å². The Labute approximate surface area is 199 Å². The zero-order valence-electron chi connectivity index (χ0n) is 17.8. The number of anilines is 1. The Balaban J connectivity index is 1.50. The lowest BCUT2D eigenvalue weighted by molar-refractivity contribution is -0.143. The number of urea groups is 1. The van der Waals surface area contributed by atoms with Gasteiger partial charge in [0.2, 0.25) is 11.7 Å². The van der Waals surface area contributed by atoms with Crippen molar-refractivity contribution in [1.82, 2.24) is 15.0 Å². The van der Waals surface area contributed by atoms with E-state index in [0.717, 1.165) is 0 Å². The number of hydrogen-bond donors (Lipinski definition) is 1. The molecule has 1 fully saturated rings. The van der Waals surface area contributed by atoms with E-state index in [9.17, 15) is 31.1 Å². The number of rotatable bonds is 3. The summed E-state index contributed by atoms with van der Waals surface area (Å²) >= 11 is 5.98. The molecule has 3 aromatic rings. The fraction of sp³-hybridized carbons (Fsp3) is 0.318. The van der Waals surface area contributed by atoms with Gasteiger partial charge in [0.15, 0.2) is 0 Å². The van der Waals surface area contributed by atoms with Crippen LogP contribution in [0.5, 0.6) is 0 Å². The first-order chi connectivity index (χ1) is 16.4. The summed E-state index contributed by atoms with van der Waals surface area (Å²) in [7, 11) is 0. The number of halogens is 7. The number of piperidine rings is 1. The molecule has 1 aromatic heterocycles. The van der Waals surface area contributed by atoms with Gasteiger partial charge in [-0.1, -0.05) is 28.9 Å². The maximum absolute atomic E-state index is 13.1. The van der Waals surface area contributed by atoms with Crippen LogP contribution in [-0.4, -0.2) is 34.2 Å². The average molecular weight is 519 g/mol. The molecule has 4 rings (SSSR count). The number of carbonyl (C=O) groups is 1. The van der Waals surface area contributed by atoms with Gasteiger partial charge >= 0.3 is 18.4 Å². The fourth-order valence-electron chi connectivity index (χ4n) is 3.74. The number of amides is 2. The van der Waals surface area contributed by atoms with E-state index in [0.29, 0.717) is 41.4 Å². The number of nitrogens with zero attached hydrogens (tertiary/aromatic N) is 3. The molecule has 1 atom stereocenters. The van der Waals surface area contributed by atoms with Gasteiger partial charge < -0.3 is 14.7 Å². The fourth-order valence-corrected chi connectivity index (χ4v) is 3.93. The van der Waals surface area contributed by atoms with Gasteiger partial charge in [-0.15, -0.1) is 0 Å². The number of hydrogen-bond acceptors (Lipinski definition) is 4. The molecule has 2 amide bonds. The molecule has 35 heavy (non-hydrogen) atoms. The van der Waals surface area contributed by atoms with E-state index in [1.807, 2.05) is 0 Å². The Morgan fingerprint density at radius 3 is 2.37 bits per heavy atom. The Morgan fingerprint density at radius 1 is 1.06 bits per heavy atom. The van der Waals surface area contributed by atoms with Crippen molar-refractivity contribution in [3.8, 4) is 11.4 Å². The van der Waals surface area contributed by atoms with Crippen molar-refractivity contribution < 1.29 is 35.7 Å². The number of aromatic nitrogens is 2. The summed E-state index contributed by atoms with van der Waals surface area (Å²) in [4.78, 5) is 18.3. The third-order valence-corrected chi connectivity index (χ3v) is 5.66. The third kappa shape index (κ3) is 5.87. The summed E-state index contributed by atoms with van der Waals surface area (Å²) in [5.41, 5.74) is -3.01. The molecule has 1 saturated heterocycles. The van der Waals surface area contributed by atoms with Crippen LogP contribution < -0.4 is 5.32 Å². The molecule has 186 valence electrons. The van der Waals surface area contributed by atoms with Crippen molar-refractivity contribution in [3.63, 3.8) is 0 Å². The number of alkyl halides is 6. The smallest absolute Gasteiger partial charge is 0.339 e. The van der Waals surface area contributed by atoms with Crippen LogP contribution in [0.2, 0.25) is 5.02 Å². The van der Waals surface area contributed by atoms with Crippen LogP contribution in [0.3, 0.4) is 0 Å². The Morgan fingerprint density at radius 2 is 1.74 bits per heavy atom. The molecule has 2 aromatic carbocycles. The maximum Gasteiger partial charge on any atom is 0.416 e. The minimum absolute atomic E-state index is 0.000337. The van der Waals surface area contributed by atoms with Crippen molar-refractivity contribution in [2.45, 2.75) is 31.1 Å². The lowest BCUT2D eigenvalue weighted by atomic mass is 9.98. The molecule has 0 bridgehead atoms. The molecule has 1 unspecified atom stereocenters. The maximum atomic E-state index is 13.1. The van der Waals surface area contributed by atoms with Crippen LogP contribution in [0.4, 0.5) is 36.8 Å². The molecular weight excluding hydrogens is 502 g/mol. The molecule has 13 heteroatoms. The van der Waals surface area contributed by atoms with Gasteiger partial charge in [-0.3, -0.25) is 0 Å². The highest BCUT2D eigenvalue weighted by atomic mass is 35.5. The lowest BCUT2D eigenvalue weighted by Gasteiger charge is -2.31. The van der Waals surface area contributed by atoms with E-state index in [-0.39, 0.29) is 31.0 Å². The van der Waals surface area contributed by atoms with Gasteiger partial charge in [-0.2, -0.15) is 31.3 Å². The Hall–Kier alpha value is -3.28. The van der Waals surface area contributed by atoms with E-state index in [1.54, 1.807) is 24.3 Å². The Bertz CT molecular complexity index is 1190. The van der Waals surface area contributed by atoms with Crippen LogP contribution in [0.25, 0.3) is 11.4 Å². The molecule has 2 heterocycles. The first-order valence-corrected chi connectivity index (χ1v) is 10.7. The molecule has 1 N–H and O–H groups in total. The summed E-state index contributed by atoms with van der Waals surface area (Å²) in [6.45, 7) is 0.344. The van der Waals surface area contributed by atoms with Crippen molar-refractivity contribution in [2.75, 3.05) is 18.4 Å². The lowest BCUT2D eigenvalue weighted by Crippen LogP contribution is -2.41. The van der Waals surface area contributed by atoms with Crippen molar-refractivity contribution in [1.29, 1.82) is 0 Å². The first-order valence-electron chi connectivity index (χ1n) is 10.3. The summed E-state index contributed by atoms with van der Waals surface area (Å²) < 4.78 is 83.9. The highest BCUT2D eigenvalue weighted by Gasteiger charge is 2.37. The molecule has 1 aliphatic rings. The van der Waals surface area contributed by atoms with Crippen LogP contribution in [0.15, 0.2) is 47.0 Å². The minimum Gasteiger partial charge on any atom is -0.339 e. The van der Waals surface area contributed by atoms with Crippen molar-refractivity contribution in [3.05, 3.63) is 64.5 Å². The summed E-state index contributed by atoms with van der Waals surface area (Å²) in [6, 6.07) is 6.89. The summed E-state index contributed by atoms with van der Waals surface area (Å²) in [6.07, 6.45) is -8.92. The van der Waals surface area contributed by atoms with Crippen LogP contribution in [0.1, 0.15) is 35.8 Å². The molecule has 0 radical (unpaired) electrons. The monoisotopic (exact) mass is 518 g/mol. The zero-order chi connectivity index (χ0) is 25.4. The van der Waals surface area contributed by atoms with Crippen LogP contribution in [-0.2, 0) is 12.4 Å². The second-order valence-corrected chi connectivity index (χ2v) is 8.41. The summed E-state index contributed by atoms with van der Waals surface area (Å²) in [5.74, 6) is 0.200. The van der Waals surface area contributed by atoms with Crippen LogP contribution in [0, 0.1) is 0 Å². The number of benzene rings is 2. The van der Waals surface area contributed by atoms with E-state index < -0.39 is 35.2 Å². The second-order valence-electron chi connectivity index (χ2n) is 7.98. The normalized spacial score (nSPS) is 16.9. The molecule has 0 spiro atoms. The molecule has 0 aliphatic carbocycles. The molecule has 1 aliphatic heterocycles. The largest absolute Gasteiger partial charge is 0.416 e. The quantitative estimate of drug-likeness (QED) is 0.385. The topological polar surface area (TPSA) is 71.3 Å². The van der Waals surface area contributed by atoms with E-state index in [2.05, 4.69) is 15.5 Å². The Kier molecular flexibility index (Phi) is 6.67. The van der Waals surface area contributed by atoms with Gasteiger partial charge in [-0.25, -0.2) is 4.79 Å². The predicted molar refractivity (Wildman–Crippen MR) is 114 cm³/mol. The summed E-state index contributed by atoms with van der Waals surface area (Å²) in [5, 5.41) is 6.56. The van der Waals surface area contributed by atoms with E-state index >= 15 is 0 Å². The number of nitrogens with one attached hydrogen (secondary N) is 1. The minimum atomic E-state index is -5.02. The van der Waals surface area contributed by atoms with Gasteiger partial charge in [0.05, 0.1) is 17.0 Å².